The minimum Gasteiger partial charge on any atom is -0.495 e. The van der Waals surface area contributed by atoms with Crippen molar-refractivity contribution in [2.24, 2.45) is 0 Å². The Balaban J connectivity index is 3.33. The fraction of sp³-hybridized carbons (Fsp3) is 0.250. The summed E-state index contributed by atoms with van der Waals surface area (Å²) in [4.78, 5) is 0.104. The van der Waals surface area contributed by atoms with Crippen molar-refractivity contribution < 1.29 is 13.2 Å². The Morgan fingerprint density at radius 3 is 2.58 bits per heavy atom. The van der Waals surface area contributed by atoms with Crippen molar-refractivity contribution in [3.8, 4) is 5.75 Å². The lowest BCUT2D eigenvalue weighted by Gasteiger charge is -2.04. The Hall–Kier alpha value is -1.03. The van der Waals surface area contributed by atoms with Crippen LogP contribution in [0.25, 0.3) is 0 Å². The lowest BCUT2D eigenvalue weighted by Crippen LogP contribution is -2.00. The molecule has 0 N–H and O–H groups in total. The van der Waals surface area contributed by atoms with E-state index < -0.39 is 9.84 Å². The molecule has 1 aromatic rings. The summed E-state index contributed by atoms with van der Waals surface area (Å²) in [6.07, 6.45) is 1.13. The molecule has 0 spiro atoms. The van der Waals surface area contributed by atoms with E-state index in [2.05, 4.69) is 6.07 Å². The summed E-state index contributed by atoms with van der Waals surface area (Å²) in [6, 6.07) is 7.42. The topological polar surface area (TPSA) is 43.4 Å². The third-order valence-electron chi connectivity index (χ3n) is 1.37. The predicted molar refractivity (Wildman–Crippen MR) is 44.9 cm³/mol. The summed E-state index contributed by atoms with van der Waals surface area (Å²) in [7, 11) is -1.80. The van der Waals surface area contributed by atoms with Crippen LogP contribution in [0.5, 0.6) is 5.75 Å². The maximum atomic E-state index is 11.1. The molecule has 1 aromatic carbocycles. The summed E-state index contributed by atoms with van der Waals surface area (Å²) in [5, 5.41) is 0. The predicted octanol–water partition coefficient (Wildman–Crippen LogP) is 0.899. The highest BCUT2D eigenvalue weighted by Gasteiger charge is 2.12. The fourth-order valence-electron chi connectivity index (χ4n) is 0.857. The second kappa shape index (κ2) is 3.15. The maximum Gasteiger partial charge on any atom is 0.179 e. The molecule has 0 saturated carbocycles. The minimum atomic E-state index is -3.23. The van der Waals surface area contributed by atoms with Crippen LogP contribution in [0, 0.1) is 6.07 Å². The van der Waals surface area contributed by atoms with E-state index >= 15 is 0 Å². The maximum absolute atomic E-state index is 11.1. The smallest absolute Gasteiger partial charge is 0.179 e. The van der Waals surface area contributed by atoms with Gasteiger partial charge in [0.2, 0.25) is 0 Å². The molecule has 3 nitrogen and oxygen atoms in total. The van der Waals surface area contributed by atoms with Crippen molar-refractivity contribution in [3.63, 3.8) is 0 Å². The van der Waals surface area contributed by atoms with Crippen molar-refractivity contribution in [1.82, 2.24) is 0 Å². The minimum absolute atomic E-state index is 0.104. The average Bonchev–Trinajstić information content (AvgIpc) is 2.03. The van der Waals surface area contributed by atoms with E-state index in [0.717, 1.165) is 6.26 Å². The molecule has 4 heteroatoms. The van der Waals surface area contributed by atoms with Crippen LogP contribution in [0.15, 0.2) is 23.1 Å². The first-order chi connectivity index (χ1) is 5.55. The van der Waals surface area contributed by atoms with Gasteiger partial charge in [0.1, 0.15) is 10.6 Å². The Morgan fingerprint density at radius 2 is 2.17 bits per heavy atom. The summed E-state index contributed by atoms with van der Waals surface area (Å²) < 4.78 is 27.1. The summed E-state index contributed by atoms with van der Waals surface area (Å²) in [5.41, 5.74) is 0. The lowest BCUT2D eigenvalue weighted by molar-refractivity contribution is 0.402. The molecule has 1 rings (SSSR count). The number of ether oxygens (including phenoxy) is 1. The monoisotopic (exact) mass is 185 g/mol. The van der Waals surface area contributed by atoms with Crippen LogP contribution in [0.2, 0.25) is 0 Å². The van der Waals surface area contributed by atoms with Crippen molar-refractivity contribution in [2.75, 3.05) is 13.4 Å². The first-order valence-corrected chi connectivity index (χ1v) is 5.19. The van der Waals surface area contributed by atoms with Crippen LogP contribution >= 0.6 is 0 Å². The van der Waals surface area contributed by atoms with Gasteiger partial charge >= 0.3 is 0 Å². The molecule has 0 heterocycles. The number of sulfone groups is 1. The van der Waals surface area contributed by atoms with Gasteiger partial charge in [-0.15, -0.1) is 0 Å². The Morgan fingerprint density at radius 1 is 1.50 bits per heavy atom. The molecule has 0 amide bonds. The average molecular weight is 185 g/mol. The normalized spacial score (nSPS) is 11.2. The van der Waals surface area contributed by atoms with Gasteiger partial charge in [0, 0.05) is 12.3 Å². The molecule has 1 radical (unpaired) electrons. The Bertz CT molecular complexity index is 368. The zero-order chi connectivity index (χ0) is 9.19. The Labute approximate surface area is 71.9 Å². The molecule has 0 atom stereocenters. The first-order valence-electron chi connectivity index (χ1n) is 3.30. The number of hydrogen-bond acceptors (Lipinski definition) is 3. The molecule has 65 valence electrons. The highest BCUT2D eigenvalue weighted by Crippen LogP contribution is 2.21. The molecule has 0 bridgehead atoms. The van der Waals surface area contributed by atoms with E-state index in [1.807, 2.05) is 0 Å². The van der Waals surface area contributed by atoms with Gasteiger partial charge in [-0.05, 0) is 6.07 Å². The van der Waals surface area contributed by atoms with E-state index in [-0.39, 0.29) is 4.90 Å². The van der Waals surface area contributed by atoms with Crippen molar-refractivity contribution in [2.45, 2.75) is 4.90 Å². The number of hydrogen-bond donors (Lipinski definition) is 0. The van der Waals surface area contributed by atoms with Gasteiger partial charge in [-0.3, -0.25) is 0 Å². The second-order valence-electron chi connectivity index (χ2n) is 2.34. The highest BCUT2D eigenvalue weighted by atomic mass is 32.2. The van der Waals surface area contributed by atoms with Crippen LogP contribution in [-0.4, -0.2) is 21.8 Å². The molecule has 0 aliphatic heterocycles. The van der Waals surface area contributed by atoms with Gasteiger partial charge in [0.15, 0.2) is 9.84 Å². The van der Waals surface area contributed by atoms with Crippen LogP contribution in [0.3, 0.4) is 0 Å². The summed E-state index contributed by atoms with van der Waals surface area (Å²) in [6.45, 7) is 0. The zero-order valence-corrected chi connectivity index (χ0v) is 7.68. The van der Waals surface area contributed by atoms with Crippen LogP contribution in [-0.2, 0) is 9.84 Å². The van der Waals surface area contributed by atoms with Crippen molar-refractivity contribution in [3.05, 3.63) is 24.3 Å². The molecule has 12 heavy (non-hydrogen) atoms. The molecule has 0 saturated heterocycles. The highest BCUT2D eigenvalue weighted by molar-refractivity contribution is 7.90. The Kier molecular flexibility index (Phi) is 2.38. The van der Waals surface area contributed by atoms with Gasteiger partial charge < -0.3 is 4.74 Å². The van der Waals surface area contributed by atoms with Gasteiger partial charge in [0.25, 0.3) is 0 Å². The van der Waals surface area contributed by atoms with Crippen molar-refractivity contribution >= 4 is 9.84 Å². The second-order valence-corrected chi connectivity index (χ2v) is 4.29. The number of rotatable bonds is 2. The zero-order valence-electron chi connectivity index (χ0n) is 6.87. The first kappa shape index (κ1) is 9.06. The largest absolute Gasteiger partial charge is 0.495 e. The molecule has 0 aliphatic rings. The summed E-state index contributed by atoms with van der Waals surface area (Å²) >= 11 is 0. The standard InChI is InChI=1S/C8H9O3S/c1-11-7-5-3-4-6-8(7)12(2,9)10/h3-5H,1-2H3. The van der Waals surface area contributed by atoms with Gasteiger partial charge in [0.05, 0.1) is 7.11 Å². The third-order valence-corrected chi connectivity index (χ3v) is 2.43. The number of methoxy groups -OCH3 is 1. The van der Waals surface area contributed by atoms with E-state index in [1.165, 1.54) is 7.11 Å². The van der Waals surface area contributed by atoms with E-state index in [4.69, 9.17) is 4.74 Å². The van der Waals surface area contributed by atoms with Gasteiger partial charge in [-0.25, -0.2) is 8.42 Å². The molecule has 0 fully saturated rings. The third kappa shape index (κ3) is 1.76. The molecular weight excluding hydrogens is 176 g/mol. The van der Waals surface area contributed by atoms with Gasteiger partial charge in [-0.1, -0.05) is 12.1 Å². The van der Waals surface area contributed by atoms with E-state index in [1.54, 1.807) is 18.2 Å². The summed E-state index contributed by atoms with van der Waals surface area (Å²) in [5.74, 6) is 0.333. The molecule has 0 aromatic heterocycles. The molecule has 0 unspecified atom stereocenters. The molecule has 0 aliphatic carbocycles. The van der Waals surface area contributed by atoms with Crippen LogP contribution in [0.4, 0.5) is 0 Å². The van der Waals surface area contributed by atoms with Crippen LogP contribution < -0.4 is 4.74 Å². The van der Waals surface area contributed by atoms with Crippen molar-refractivity contribution in [1.29, 1.82) is 0 Å². The fourth-order valence-corrected chi connectivity index (χ4v) is 1.66. The van der Waals surface area contributed by atoms with E-state index in [9.17, 15) is 8.42 Å². The van der Waals surface area contributed by atoms with Crippen LogP contribution in [0.1, 0.15) is 0 Å². The van der Waals surface area contributed by atoms with Gasteiger partial charge in [-0.2, -0.15) is 0 Å². The lowest BCUT2D eigenvalue weighted by atomic mass is 10.3. The number of benzene rings is 1. The SMILES string of the molecule is COc1ccc[c]c1S(C)(=O)=O. The van der Waals surface area contributed by atoms with E-state index in [0.29, 0.717) is 5.75 Å². The molecular formula is C8H9O3S. The quantitative estimate of drug-likeness (QED) is 0.687.